The molecule has 12 nitrogen and oxygen atoms in total. The Morgan fingerprint density at radius 3 is 2.63 bits per heavy atom. The van der Waals surface area contributed by atoms with Crippen LogP contribution in [0.4, 0.5) is 20.5 Å². The second kappa shape index (κ2) is 10.9. The van der Waals surface area contributed by atoms with Crippen LogP contribution < -0.4 is 16.0 Å². The summed E-state index contributed by atoms with van der Waals surface area (Å²) in [7, 11) is 5.41. The fourth-order valence-corrected chi connectivity index (χ4v) is 4.66. The van der Waals surface area contributed by atoms with Crippen LogP contribution in [0.2, 0.25) is 0 Å². The first-order valence-electron chi connectivity index (χ1n) is 12.3. The molecule has 0 aromatic carbocycles. The van der Waals surface area contributed by atoms with Crippen molar-refractivity contribution in [2.24, 2.45) is 0 Å². The Morgan fingerprint density at radius 2 is 1.97 bits per heavy atom. The van der Waals surface area contributed by atoms with Crippen LogP contribution >= 0.6 is 0 Å². The number of piperidine rings is 1. The molecule has 2 aliphatic rings. The number of nitrogens with one attached hydrogen (secondary N) is 3. The van der Waals surface area contributed by atoms with Gasteiger partial charge in [0.2, 0.25) is 5.95 Å². The van der Waals surface area contributed by atoms with E-state index in [9.17, 15) is 9.18 Å². The summed E-state index contributed by atoms with van der Waals surface area (Å²) in [6, 6.07) is 3.10. The van der Waals surface area contributed by atoms with E-state index in [1.807, 2.05) is 14.1 Å². The van der Waals surface area contributed by atoms with Crippen molar-refractivity contribution in [2.45, 2.75) is 24.7 Å². The molecule has 2 aliphatic heterocycles. The van der Waals surface area contributed by atoms with Crippen molar-refractivity contribution in [3.8, 4) is 11.3 Å². The van der Waals surface area contributed by atoms with Crippen LogP contribution in [0.25, 0.3) is 22.4 Å². The fraction of sp³-hybridized carbons (Fsp3) is 0.458. The molecule has 202 valence electrons. The molecule has 0 spiro atoms. The number of aldehydes is 1. The van der Waals surface area contributed by atoms with E-state index in [-0.39, 0.29) is 28.9 Å². The number of halogens is 2. The zero-order valence-corrected chi connectivity index (χ0v) is 21.4. The maximum absolute atomic E-state index is 15.2. The van der Waals surface area contributed by atoms with E-state index in [2.05, 4.69) is 41.0 Å². The van der Waals surface area contributed by atoms with Gasteiger partial charge in [-0.15, -0.1) is 5.10 Å². The number of carbonyl (C=O) groups excluding carboxylic acids is 1. The zero-order valence-electron chi connectivity index (χ0n) is 21.4. The van der Waals surface area contributed by atoms with Crippen molar-refractivity contribution < 1.29 is 18.3 Å². The Morgan fingerprint density at radius 1 is 1.18 bits per heavy atom. The molecule has 2 saturated heterocycles. The SMILES string of the molecule is CNC.CNc1nc(NC2CCN(C3COC3)CC2F)nn2cc(F)c(-c3ccc4ncc(C=O)n4n3)c12. The number of aromatic nitrogens is 6. The second-order valence-corrected chi connectivity index (χ2v) is 9.21. The number of fused-ring (bicyclic) bond motifs is 2. The van der Waals surface area contributed by atoms with Gasteiger partial charge in [0.05, 0.1) is 48.9 Å². The average Bonchev–Trinajstić information content (AvgIpc) is 3.43. The smallest absolute Gasteiger partial charge is 0.243 e. The van der Waals surface area contributed by atoms with Crippen molar-refractivity contribution in [3.63, 3.8) is 0 Å². The molecule has 0 saturated carbocycles. The Balaban J connectivity index is 0.000000937. The summed E-state index contributed by atoms with van der Waals surface area (Å²) in [5.74, 6) is -0.0197. The maximum atomic E-state index is 15.2. The van der Waals surface area contributed by atoms with Crippen molar-refractivity contribution in [2.75, 3.05) is 58.1 Å². The molecule has 0 bridgehead atoms. The molecule has 2 atom stereocenters. The van der Waals surface area contributed by atoms with Crippen LogP contribution in [0.3, 0.4) is 0 Å². The van der Waals surface area contributed by atoms with Gasteiger partial charge < -0.3 is 20.7 Å². The van der Waals surface area contributed by atoms with Gasteiger partial charge in [0.15, 0.2) is 23.6 Å². The average molecular weight is 529 g/mol. The van der Waals surface area contributed by atoms with E-state index in [4.69, 9.17) is 4.74 Å². The van der Waals surface area contributed by atoms with E-state index in [0.717, 1.165) is 6.54 Å². The number of hydrogen-bond acceptors (Lipinski definition) is 10. The predicted octanol–water partition coefficient (Wildman–Crippen LogP) is 1.49. The Labute approximate surface area is 217 Å². The maximum Gasteiger partial charge on any atom is 0.243 e. The van der Waals surface area contributed by atoms with Gasteiger partial charge >= 0.3 is 0 Å². The molecular formula is C24H30F2N10O2. The highest BCUT2D eigenvalue weighted by molar-refractivity contribution is 5.88. The highest BCUT2D eigenvalue weighted by Gasteiger charge is 2.35. The molecule has 38 heavy (non-hydrogen) atoms. The van der Waals surface area contributed by atoms with E-state index in [0.29, 0.717) is 49.4 Å². The highest BCUT2D eigenvalue weighted by atomic mass is 19.1. The molecule has 0 radical (unpaired) electrons. The molecule has 0 aliphatic carbocycles. The number of rotatable bonds is 6. The highest BCUT2D eigenvalue weighted by Crippen LogP contribution is 2.32. The minimum Gasteiger partial charge on any atom is -0.378 e. The predicted molar refractivity (Wildman–Crippen MR) is 138 cm³/mol. The number of alkyl halides is 1. The summed E-state index contributed by atoms with van der Waals surface area (Å²) in [4.78, 5) is 22.0. The van der Waals surface area contributed by atoms with Crippen LogP contribution in [0.15, 0.2) is 24.5 Å². The van der Waals surface area contributed by atoms with Gasteiger partial charge in [0, 0.05) is 20.1 Å². The van der Waals surface area contributed by atoms with Crippen LogP contribution in [0.1, 0.15) is 16.9 Å². The van der Waals surface area contributed by atoms with Crippen LogP contribution in [0.5, 0.6) is 0 Å². The summed E-state index contributed by atoms with van der Waals surface area (Å²) >= 11 is 0. The fourth-order valence-electron chi connectivity index (χ4n) is 4.66. The molecule has 4 aromatic heterocycles. The first-order valence-corrected chi connectivity index (χ1v) is 12.3. The number of anilines is 2. The van der Waals surface area contributed by atoms with Crippen molar-refractivity contribution in [1.82, 2.24) is 39.4 Å². The van der Waals surface area contributed by atoms with Crippen LogP contribution in [0, 0.1) is 5.82 Å². The third-order valence-electron chi connectivity index (χ3n) is 6.61. The molecule has 2 unspecified atom stereocenters. The molecule has 6 rings (SSSR count). The van der Waals surface area contributed by atoms with Gasteiger partial charge in [-0.3, -0.25) is 9.69 Å². The Hall–Kier alpha value is -3.75. The summed E-state index contributed by atoms with van der Waals surface area (Å²) in [6.07, 6.45) is 2.75. The normalized spacial score (nSPS) is 20.1. The molecule has 6 heterocycles. The van der Waals surface area contributed by atoms with Gasteiger partial charge in [-0.1, -0.05) is 0 Å². The van der Waals surface area contributed by atoms with Crippen molar-refractivity contribution in [1.29, 1.82) is 0 Å². The number of hydrogen-bond donors (Lipinski definition) is 3. The third-order valence-corrected chi connectivity index (χ3v) is 6.61. The van der Waals surface area contributed by atoms with E-state index >= 15 is 4.39 Å². The lowest BCUT2D eigenvalue weighted by Crippen LogP contribution is -2.57. The van der Waals surface area contributed by atoms with E-state index < -0.39 is 18.0 Å². The van der Waals surface area contributed by atoms with Crippen LogP contribution in [-0.4, -0.2) is 106 Å². The summed E-state index contributed by atoms with van der Waals surface area (Å²) in [6.45, 7) is 2.37. The monoisotopic (exact) mass is 528 g/mol. The number of imidazole rings is 1. The van der Waals surface area contributed by atoms with Crippen molar-refractivity contribution >= 4 is 29.2 Å². The van der Waals surface area contributed by atoms with E-state index in [1.54, 1.807) is 19.2 Å². The molecule has 0 amide bonds. The number of carbonyl (C=O) groups is 1. The number of ether oxygens (including phenoxy) is 1. The van der Waals surface area contributed by atoms with Gasteiger partial charge in [-0.05, 0) is 32.6 Å². The van der Waals surface area contributed by atoms with Crippen LogP contribution in [-0.2, 0) is 4.74 Å². The quantitative estimate of drug-likeness (QED) is 0.317. The number of nitrogens with zero attached hydrogens (tertiary/aromatic N) is 7. The third kappa shape index (κ3) is 4.77. The zero-order chi connectivity index (χ0) is 26.8. The molecular weight excluding hydrogens is 498 g/mol. The summed E-state index contributed by atoms with van der Waals surface area (Å²) in [5, 5.41) is 17.6. The lowest BCUT2D eigenvalue weighted by Gasteiger charge is -2.42. The minimum absolute atomic E-state index is 0.174. The molecule has 4 aromatic rings. The summed E-state index contributed by atoms with van der Waals surface area (Å²) < 4.78 is 38.0. The van der Waals surface area contributed by atoms with Gasteiger partial charge in [0.25, 0.3) is 0 Å². The largest absolute Gasteiger partial charge is 0.378 e. The lowest BCUT2D eigenvalue weighted by atomic mass is 10.0. The minimum atomic E-state index is -1.10. The molecule has 14 heteroatoms. The first kappa shape index (κ1) is 25.9. The summed E-state index contributed by atoms with van der Waals surface area (Å²) in [5.41, 5.74) is 1.54. The van der Waals surface area contributed by atoms with Gasteiger partial charge in [-0.25, -0.2) is 22.8 Å². The second-order valence-electron chi connectivity index (χ2n) is 9.21. The number of likely N-dealkylation sites (tertiary alicyclic amines) is 1. The van der Waals surface area contributed by atoms with Gasteiger partial charge in [-0.2, -0.15) is 10.1 Å². The van der Waals surface area contributed by atoms with Crippen molar-refractivity contribution in [3.05, 3.63) is 36.0 Å². The Bertz CT molecular complexity index is 1440. The standard InChI is InChI=1S/C22H23F2N9O2.C2H7N/c1-25-21-20-19(17-2-3-18-26-6-12(9-34)33(18)29-17)15(24)8-32(20)30-22(28-21)27-16-4-5-31(7-14(16)23)13-10-35-11-13;1-3-2/h2-3,6,8-9,13-14,16H,4-5,7,10-11H2,1H3,(H2,25,27,28,30);3H,1-2H3. The molecule has 2 fully saturated rings. The lowest BCUT2D eigenvalue weighted by molar-refractivity contribution is -0.0794. The van der Waals surface area contributed by atoms with E-state index in [1.165, 1.54) is 21.4 Å². The topological polar surface area (TPSA) is 126 Å². The first-order chi connectivity index (χ1) is 18.5. The Kier molecular flexibility index (Phi) is 7.44. The molecule has 3 N–H and O–H groups in total. The van der Waals surface area contributed by atoms with Gasteiger partial charge in [0.1, 0.15) is 17.4 Å².